The predicted molar refractivity (Wildman–Crippen MR) is 86.8 cm³/mol. The first-order valence-corrected chi connectivity index (χ1v) is 8.18. The molecule has 0 aliphatic carbocycles. The lowest BCUT2D eigenvalue weighted by atomic mass is 10.1. The van der Waals surface area contributed by atoms with Crippen LogP contribution in [0.15, 0.2) is 24.3 Å². The summed E-state index contributed by atoms with van der Waals surface area (Å²) in [6.45, 7) is 2.03. The van der Waals surface area contributed by atoms with Crippen molar-refractivity contribution in [3.8, 4) is 5.75 Å². The van der Waals surface area contributed by atoms with Crippen molar-refractivity contribution in [1.82, 2.24) is 15.1 Å². The zero-order valence-corrected chi connectivity index (χ0v) is 13.7. The number of hydrogen-bond acceptors (Lipinski definition) is 4. The van der Waals surface area contributed by atoms with Gasteiger partial charge in [0.05, 0.1) is 0 Å². The number of nitrogens with zero attached hydrogens (tertiary/aromatic N) is 2. The van der Waals surface area contributed by atoms with Crippen LogP contribution in [-0.2, 0) is 4.79 Å². The summed E-state index contributed by atoms with van der Waals surface area (Å²) in [5.74, 6) is 0.175. The summed E-state index contributed by atoms with van der Waals surface area (Å²) in [5.41, 5.74) is 0.587. The van der Waals surface area contributed by atoms with Crippen molar-refractivity contribution in [2.45, 2.75) is 25.3 Å². The van der Waals surface area contributed by atoms with E-state index in [1.165, 1.54) is 18.4 Å². The standard InChI is InChI=1S/C17H21N3O4/c1-19(14-11-18-15(14)21)17(23)24-13-7-5-12(6-8-13)16(22)20-9-3-2-4-10-20/h5-8,14H,2-4,9-11H2,1H3,(H,18,21)/t14-/m0/s1. The second kappa shape index (κ2) is 6.90. The third kappa shape index (κ3) is 3.34. The Labute approximate surface area is 140 Å². The number of likely N-dealkylation sites (N-methyl/N-ethyl adjacent to an activating group) is 1. The van der Waals surface area contributed by atoms with Gasteiger partial charge >= 0.3 is 6.09 Å². The number of rotatable bonds is 3. The molecule has 0 spiro atoms. The van der Waals surface area contributed by atoms with Crippen molar-refractivity contribution in [3.05, 3.63) is 29.8 Å². The topological polar surface area (TPSA) is 79.0 Å². The molecule has 0 saturated carbocycles. The van der Waals surface area contributed by atoms with Crippen molar-refractivity contribution >= 4 is 17.9 Å². The molecule has 1 aromatic carbocycles. The summed E-state index contributed by atoms with van der Waals surface area (Å²) < 4.78 is 5.24. The van der Waals surface area contributed by atoms with Crippen LogP contribution in [0.4, 0.5) is 4.79 Å². The molecule has 7 nitrogen and oxygen atoms in total. The lowest BCUT2D eigenvalue weighted by molar-refractivity contribution is -0.131. The molecule has 3 amide bonds. The quantitative estimate of drug-likeness (QED) is 0.845. The van der Waals surface area contributed by atoms with Crippen molar-refractivity contribution in [2.75, 3.05) is 26.7 Å². The van der Waals surface area contributed by atoms with Crippen LogP contribution in [0.2, 0.25) is 0 Å². The summed E-state index contributed by atoms with van der Waals surface area (Å²) in [4.78, 5) is 38.8. The summed E-state index contributed by atoms with van der Waals surface area (Å²) >= 11 is 0. The molecule has 1 atom stereocenters. The Morgan fingerprint density at radius 3 is 2.38 bits per heavy atom. The molecule has 0 bridgehead atoms. The van der Waals surface area contributed by atoms with Crippen LogP contribution in [0.3, 0.4) is 0 Å². The summed E-state index contributed by atoms with van der Waals surface area (Å²) in [7, 11) is 1.53. The van der Waals surface area contributed by atoms with E-state index in [1.54, 1.807) is 24.3 Å². The van der Waals surface area contributed by atoms with Crippen molar-refractivity contribution in [1.29, 1.82) is 0 Å². The number of β-lactam (4-membered cyclic amide) rings is 1. The summed E-state index contributed by atoms with van der Waals surface area (Å²) in [6, 6.07) is 6.05. The second-order valence-corrected chi connectivity index (χ2v) is 6.12. The van der Waals surface area contributed by atoms with Gasteiger partial charge in [-0.05, 0) is 43.5 Å². The van der Waals surface area contributed by atoms with E-state index in [-0.39, 0.29) is 11.8 Å². The number of ether oxygens (including phenoxy) is 1. The molecule has 1 N–H and O–H groups in total. The SMILES string of the molecule is CN(C(=O)Oc1ccc(C(=O)N2CCCCC2)cc1)[C@H]1CNC1=O. The van der Waals surface area contributed by atoms with Gasteiger partial charge in [-0.1, -0.05) is 0 Å². The highest BCUT2D eigenvalue weighted by atomic mass is 16.6. The van der Waals surface area contributed by atoms with Crippen LogP contribution >= 0.6 is 0 Å². The molecule has 2 aliphatic heterocycles. The number of carbonyl (C=O) groups is 3. The number of hydrogen-bond donors (Lipinski definition) is 1. The fourth-order valence-electron chi connectivity index (χ4n) is 2.83. The molecule has 0 aromatic heterocycles. The van der Waals surface area contributed by atoms with E-state index >= 15 is 0 Å². The monoisotopic (exact) mass is 331 g/mol. The van der Waals surface area contributed by atoms with E-state index in [4.69, 9.17) is 4.74 Å². The molecular formula is C17H21N3O4. The zero-order valence-electron chi connectivity index (χ0n) is 13.7. The second-order valence-electron chi connectivity index (χ2n) is 6.12. The van der Waals surface area contributed by atoms with Gasteiger partial charge in [-0.25, -0.2) is 4.79 Å². The maximum Gasteiger partial charge on any atom is 0.415 e. The van der Waals surface area contributed by atoms with E-state index in [0.717, 1.165) is 25.9 Å². The molecule has 1 aromatic rings. The maximum atomic E-state index is 12.4. The van der Waals surface area contributed by atoms with Crippen LogP contribution in [-0.4, -0.2) is 60.4 Å². The Morgan fingerprint density at radius 2 is 1.83 bits per heavy atom. The largest absolute Gasteiger partial charge is 0.415 e. The van der Waals surface area contributed by atoms with Gasteiger partial charge in [0, 0.05) is 32.2 Å². The Balaban J connectivity index is 1.58. The average Bonchev–Trinajstić information content (AvgIpc) is 2.61. The Bertz CT molecular complexity index is 638. The molecule has 2 aliphatic rings. The first-order chi connectivity index (χ1) is 11.6. The Morgan fingerprint density at radius 1 is 1.17 bits per heavy atom. The van der Waals surface area contributed by atoms with Gasteiger partial charge in [0.15, 0.2) is 0 Å². The van der Waals surface area contributed by atoms with Crippen LogP contribution in [0, 0.1) is 0 Å². The summed E-state index contributed by atoms with van der Waals surface area (Å²) in [5, 5.41) is 2.58. The summed E-state index contributed by atoms with van der Waals surface area (Å²) in [6.07, 6.45) is 2.67. The molecular weight excluding hydrogens is 310 g/mol. The fraction of sp³-hybridized carbons (Fsp3) is 0.471. The highest BCUT2D eigenvalue weighted by molar-refractivity contribution is 5.94. The van der Waals surface area contributed by atoms with Gasteiger partial charge in [-0.2, -0.15) is 0 Å². The molecule has 0 unspecified atom stereocenters. The Hall–Kier alpha value is -2.57. The highest BCUT2D eigenvalue weighted by Gasteiger charge is 2.35. The molecule has 0 radical (unpaired) electrons. The first-order valence-electron chi connectivity index (χ1n) is 8.18. The van der Waals surface area contributed by atoms with Gasteiger partial charge in [0.25, 0.3) is 5.91 Å². The van der Waals surface area contributed by atoms with Crippen molar-refractivity contribution in [3.63, 3.8) is 0 Å². The lowest BCUT2D eigenvalue weighted by Gasteiger charge is -2.33. The van der Waals surface area contributed by atoms with Gasteiger partial charge in [0.2, 0.25) is 5.91 Å². The zero-order chi connectivity index (χ0) is 17.1. The molecule has 128 valence electrons. The van der Waals surface area contributed by atoms with Crippen molar-refractivity contribution in [2.24, 2.45) is 0 Å². The number of carbonyl (C=O) groups excluding carboxylic acids is 3. The third-order valence-electron chi connectivity index (χ3n) is 4.48. The Kier molecular flexibility index (Phi) is 4.69. The van der Waals surface area contributed by atoms with Crippen LogP contribution in [0.5, 0.6) is 5.75 Å². The first kappa shape index (κ1) is 16.3. The van der Waals surface area contributed by atoms with Crippen LogP contribution < -0.4 is 10.1 Å². The van der Waals surface area contributed by atoms with Gasteiger partial charge < -0.3 is 15.0 Å². The molecule has 24 heavy (non-hydrogen) atoms. The number of likely N-dealkylation sites (tertiary alicyclic amines) is 1. The maximum absolute atomic E-state index is 12.4. The number of nitrogens with one attached hydrogen (secondary N) is 1. The van der Waals surface area contributed by atoms with Gasteiger partial charge in [-0.15, -0.1) is 0 Å². The third-order valence-corrected chi connectivity index (χ3v) is 4.48. The number of benzene rings is 1. The van der Waals surface area contributed by atoms with E-state index in [9.17, 15) is 14.4 Å². The van der Waals surface area contributed by atoms with E-state index < -0.39 is 12.1 Å². The van der Waals surface area contributed by atoms with E-state index in [2.05, 4.69) is 5.32 Å². The minimum absolute atomic E-state index is 0.0100. The van der Waals surface area contributed by atoms with E-state index in [0.29, 0.717) is 17.9 Å². The van der Waals surface area contributed by atoms with Gasteiger partial charge in [0.1, 0.15) is 11.8 Å². The predicted octanol–water partition coefficient (Wildman–Crippen LogP) is 1.24. The number of piperidine rings is 1. The van der Waals surface area contributed by atoms with Crippen LogP contribution in [0.1, 0.15) is 29.6 Å². The average molecular weight is 331 g/mol. The van der Waals surface area contributed by atoms with Crippen molar-refractivity contribution < 1.29 is 19.1 Å². The highest BCUT2D eigenvalue weighted by Crippen LogP contribution is 2.18. The smallest absolute Gasteiger partial charge is 0.410 e. The van der Waals surface area contributed by atoms with E-state index in [1.807, 2.05) is 4.90 Å². The fourth-order valence-corrected chi connectivity index (χ4v) is 2.83. The molecule has 7 heteroatoms. The molecule has 2 fully saturated rings. The lowest BCUT2D eigenvalue weighted by Crippen LogP contribution is -2.62. The molecule has 2 saturated heterocycles. The minimum atomic E-state index is -0.593. The van der Waals surface area contributed by atoms with Gasteiger partial charge in [-0.3, -0.25) is 14.5 Å². The number of amides is 3. The molecule has 3 rings (SSSR count). The molecule has 2 heterocycles. The minimum Gasteiger partial charge on any atom is -0.410 e. The van der Waals surface area contributed by atoms with Crippen LogP contribution in [0.25, 0.3) is 0 Å². The normalized spacial score (nSPS) is 20.0.